The second-order valence-electron chi connectivity index (χ2n) is 4.59. The van der Waals surface area contributed by atoms with E-state index in [1.165, 1.54) is 7.11 Å². The number of methoxy groups -OCH3 is 2. The summed E-state index contributed by atoms with van der Waals surface area (Å²) < 4.78 is 10.0. The van der Waals surface area contributed by atoms with E-state index in [-0.39, 0.29) is 5.97 Å². The van der Waals surface area contributed by atoms with Gasteiger partial charge in [0.2, 0.25) is 0 Å². The molecule has 3 heteroatoms. The minimum atomic E-state index is -0.329. The van der Waals surface area contributed by atoms with Gasteiger partial charge in [0, 0.05) is 5.57 Å². The molecule has 2 aromatic carbocycles. The molecule has 0 amide bonds. The molecule has 2 rings (SSSR count). The molecule has 108 valence electrons. The molecule has 0 aliphatic carbocycles. The Labute approximate surface area is 124 Å². The van der Waals surface area contributed by atoms with E-state index in [4.69, 9.17) is 9.47 Å². The highest BCUT2D eigenvalue weighted by atomic mass is 16.5. The number of esters is 1. The van der Waals surface area contributed by atoms with Crippen molar-refractivity contribution in [1.82, 2.24) is 0 Å². The fourth-order valence-electron chi connectivity index (χ4n) is 2.22. The molecule has 0 aliphatic rings. The smallest absolute Gasteiger partial charge is 0.334 e. The van der Waals surface area contributed by atoms with Crippen LogP contribution in [-0.2, 0) is 9.53 Å². The lowest BCUT2D eigenvalue weighted by molar-refractivity contribution is -0.135. The zero-order chi connectivity index (χ0) is 15.2. The van der Waals surface area contributed by atoms with Crippen LogP contribution >= 0.6 is 0 Å². The van der Waals surface area contributed by atoms with Crippen LogP contribution in [0.5, 0.6) is 5.75 Å². The van der Waals surface area contributed by atoms with E-state index >= 15 is 0 Å². The number of benzene rings is 2. The number of hydrogen-bond acceptors (Lipinski definition) is 3. The van der Waals surface area contributed by atoms with E-state index in [0.717, 1.165) is 22.4 Å². The molecule has 0 atom stereocenters. The Balaban J connectivity index is 2.58. The maximum absolute atomic E-state index is 11.9. The standard InChI is InChI=1S/C18H18O3/c1-13(18(19)21-3)17(14-7-5-4-6-8-14)15-9-11-16(20-2)12-10-15/h4-12H,1-3H3/b17-13+. The van der Waals surface area contributed by atoms with Gasteiger partial charge in [-0.15, -0.1) is 0 Å². The lowest BCUT2D eigenvalue weighted by atomic mass is 9.93. The van der Waals surface area contributed by atoms with Gasteiger partial charge in [0.05, 0.1) is 14.2 Å². The minimum absolute atomic E-state index is 0.329. The first-order valence-corrected chi connectivity index (χ1v) is 6.66. The van der Waals surface area contributed by atoms with Gasteiger partial charge >= 0.3 is 5.97 Å². The highest BCUT2D eigenvalue weighted by Crippen LogP contribution is 2.28. The average molecular weight is 282 g/mol. The predicted octanol–water partition coefficient (Wildman–Crippen LogP) is 3.69. The highest BCUT2D eigenvalue weighted by Gasteiger charge is 2.14. The molecular weight excluding hydrogens is 264 g/mol. The molecule has 0 heterocycles. The van der Waals surface area contributed by atoms with Gasteiger partial charge in [-0.3, -0.25) is 0 Å². The molecule has 0 spiro atoms. The van der Waals surface area contributed by atoms with E-state index in [9.17, 15) is 4.79 Å². The Morgan fingerprint density at radius 1 is 0.857 bits per heavy atom. The first-order valence-electron chi connectivity index (χ1n) is 6.66. The summed E-state index contributed by atoms with van der Waals surface area (Å²) in [6, 6.07) is 17.4. The predicted molar refractivity (Wildman–Crippen MR) is 83.1 cm³/mol. The van der Waals surface area contributed by atoms with Gasteiger partial charge in [0.25, 0.3) is 0 Å². The van der Waals surface area contributed by atoms with Gasteiger partial charge in [-0.2, -0.15) is 0 Å². The first kappa shape index (κ1) is 14.9. The Bertz CT molecular complexity index is 640. The summed E-state index contributed by atoms with van der Waals surface area (Å²) in [5, 5.41) is 0. The molecule has 0 bridgehead atoms. The van der Waals surface area contributed by atoms with Crippen molar-refractivity contribution in [3.8, 4) is 5.75 Å². The van der Waals surface area contributed by atoms with E-state index in [2.05, 4.69) is 0 Å². The van der Waals surface area contributed by atoms with Crippen LogP contribution in [0, 0.1) is 0 Å². The summed E-state index contributed by atoms with van der Waals surface area (Å²) in [5.41, 5.74) is 3.37. The number of hydrogen-bond donors (Lipinski definition) is 0. The van der Waals surface area contributed by atoms with E-state index < -0.39 is 0 Å². The number of carbonyl (C=O) groups excluding carboxylic acids is 1. The summed E-state index contributed by atoms with van der Waals surface area (Å²) in [6.07, 6.45) is 0. The van der Waals surface area contributed by atoms with Crippen LogP contribution in [0.2, 0.25) is 0 Å². The summed E-state index contributed by atoms with van der Waals surface area (Å²) >= 11 is 0. The van der Waals surface area contributed by atoms with Gasteiger partial charge in [0.1, 0.15) is 5.75 Å². The summed E-state index contributed by atoms with van der Waals surface area (Å²) in [5.74, 6) is 0.451. The lowest BCUT2D eigenvalue weighted by Gasteiger charge is -2.12. The Kier molecular flexibility index (Phi) is 4.77. The maximum atomic E-state index is 11.9. The molecule has 0 saturated heterocycles. The van der Waals surface area contributed by atoms with Gasteiger partial charge in [-0.25, -0.2) is 4.79 Å². The Morgan fingerprint density at radius 3 is 1.95 bits per heavy atom. The molecule has 0 aromatic heterocycles. The van der Waals surface area contributed by atoms with E-state index in [1.54, 1.807) is 14.0 Å². The maximum Gasteiger partial charge on any atom is 0.334 e. The van der Waals surface area contributed by atoms with Gasteiger partial charge in [-0.05, 0) is 35.8 Å². The molecule has 21 heavy (non-hydrogen) atoms. The van der Waals surface area contributed by atoms with Crippen molar-refractivity contribution in [2.45, 2.75) is 6.92 Å². The molecule has 0 aliphatic heterocycles. The van der Waals surface area contributed by atoms with Crippen molar-refractivity contribution >= 4 is 11.5 Å². The summed E-state index contributed by atoms with van der Waals surface area (Å²) in [6.45, 7) is 1.78. The second kappa shape index (κ2) is 6.75. The van der Waals surface area contributed by atoms with Crippen molar-refractivity contribution in [3.63, 3.8) is 0 Å². The molecule has 2 aromatic rings. The third-order valence-electron chi connectivity index (χ3n) is 3.31. The van der Waals surface area contributed by atoms with Crippen LogP contribution in [0.3, 0.4) is 0 Å². The summed E-state index contributed by atoms with van der Waals surface area (Å²) in [7, 11) is 3.02. The zero-order valence-electron chi connectivity index (χ0n) is 12.4. The van der Waals surface area contributed by atoms with Gasteiger partial charge < -0.3 is 9.47 Å². The van der Waals surface area contributed by atoms with Crippen LogP contribution in [-0.4, -0.2) is 20.2 Å². The molecule has 3 nitrogen and oxygen atoms in total. The SMILES string of the molecule is COC(=O)/C(C)=C(\c1ccccc1)c1ccc(OC)cc1. The van der Waals surface area contributed by atoms with Crippen molar-refractivity contribution in [3.05, 3.63) is 71.3 Å². The molecule has 0 saturated carbocycles. The Morgan fingerprint density at radius 2 is 1.43 bits per heavy atom. The zero-order valence-corrected chi connectivity index (χ0v) is 12.4. The van der Waals surface area contributed by atoms with E-state index in [0.29, 0.717) is 5.57 Å². The quantitative estimate of drug-likeness (QED) is 0.633. The fraction of sp³-hybridized carbons (Fsp3) is 0.167. The average Bonchev–Trinajstić information content (AvgIpc) is 2.56. The third-order valence-corrected chi connectivity index (χ3v) is 3.31. The number of ether oxygens (including phenoxy) is 2. The van der Waals surface area contributed by atoms with Crippen LogP contribution in [0.1, 0.15) is 18.1 Å². The normalized spacial score (nSPS) is 11.6. The second-order valence-corrected chi connectivity index (χ2v) is 4.59. The van der Waals surface area contributed by atoms with Crippen molar-refractivity contribution in [1.29, 1.82) is 0 Å². The van der Waals surface area contributed by atoms with Crippen LogP contribution in [0.15, 0.2) is 60.2 Å². The van der Waals surface area contributed by atoms with Crippen LogP contribution in [0.25, 0.3) is 5.57 Å². The summed E-state index contributed by atoms with van der Waals surface area (Å²) in [4.78, 5) is 11.9. The molecule has 0 radical (unpaired) electrons. The molecular formula is C18H18O3. The van der Waals surface area contributed by atoms with Crippen LogP contribution < -0.4 is 4.74 Å². The van der Waals surface area contributed by atoms with Gasteiger partial charge in [0.15, 0.2) is 0 Å². The molecule has 0 N–H and O–H groups in total. The Hall–Kier alpha value is -2.55. The third kappa shape index (κ3) is 3.31. The first-order chi connectivity index (χ1) is 10.2. The topological polar surface area (TPSA) is 35.5 Å². The molecule has 0 unspecified atom stereocenters. The van der Waals surface area contributed by atoms with Crippen molar-refractivity contribution < 1.29 is 14.3 Å². The van der Waals surface area contributed by atoms with E-state index in [1.807, 2.05) is 54.6 Å². The monoisotopic (exact) mass is 282 g/mol. The highest BCUT2D eigenvalue weighted by molar-refractivity contribution is 6.01. The molecule has 0 fully saturated rings. The number of rotatable bonds is 4. The number of carbonyl (C=O) groups is 1. The van der Waals surface area contributed by atoms with Crippen molar-refractivity contribution in [2.75, 3.05) is 14.2 Å². The minimum Gasteiger partial charge on any atom is -0.497 e. The van der Waals surface area contributed by atoms with Crippen molar-refractivity contribution in [2.24, 2.45) is 0 Å². The van der Waals surface area contributed by atoms with Crippen LogP contribution in [0.4, 0.5) is 0 Å². The lowest BCUT2D eigenvalue weighted by Crippen LogP contribution is -2.05. The largest absolute Gasteiger partial charge is 0.497 e. The van der Waals surface area contributed by atoms with Gasteiger partial charge in [-0.1, -0.05) is 42.5 Å². The fourth-order valence-corrected chi connectivity index (χ4v) is 2.22.